The predicted molar refractivity (Wildman–Crippen MR) is 100 cm³/mol. The van der Waals surface area contributed by atoms with E-state index in [1.807, 2.05) is 18.3 Å². The third-order valence-electron chi connectivity index (χ3n) is 5.99. The molecular weight excluding hydrogens is 359 g/mol. The highest BCUT2D eigenvalue weighted by molar-refractivity contribution is 6.45. The Morgan fingerprint density at radius 2 is 2.00 bits per heavy atom. The standard InChI is InChI=1S/C18H20Cl2N4O/c19-14-2-1-11-8-22-15(7-13(11)16(14)20)24-10-18(25-17(24)21)9-23-5-3-12(18)4-6-23/h1-2,7-8,12,17H,3-6,9-10,21H2. The first-order chi connectivity index (χ1) is 12.1. The van der Waals surface area contributed by atoms with E-state index in [1.54, 1.807) is 6.07 Å². The molecule has 2 N–H and O–H groups in total. The molecule has 0 aliphatic carbocycles. The molecule has 2 aromatic rings. The van der Waals surface area contributed by atoms with Crippen molar-refractivity contribution in [1.82, 2.24) is 9.88 Å². The van der Waals surface area contributed by atoms with Crippen LogP contribution in [0.2, 0.25) is 10.0 Å². The van der Waals surface area contributed by atoms with Gasteiger partial charge in [0, 0.05) is 23.5 Å². The summed E-state index contributed by atoms with van der Waals surface area (Å²) in [4.78, 5) is 9.14. The number of benzene rings is 1. The molecule has 132 valence electrons. The van der Waals surface area contributed by atoms with Crippen LogP contribution >= 0.6 is 23.2 Å². The fraction of sp³-hybridized carbons (Fsp3) is 0.500. The van der Waals surface area contributed by atoms with Gasteiger partial charge in [-0.05, 0) is 44.0 Å². The molecule has 4 saturated heterocycles. The molecule has 7 heteroatoms. The van der Waals surface area contributed by atoms with E-state index in [4.69, 9.17) is 33.7 Å². The summed E-state index contributed by atoms with van der Waals surface area (Å²) < 4.78 is 6.32. The molecule has 5 heterocycles. The third kappa shape index (κ3) is 2.45. The molecule has 1 aromatic heterocycles. The van der Waals surface area contributed by atoms with Crippen molar-refractivity contribution < 1.29 is 4.74 Å². The highest BCUT2D eigenvalue weighted by atomic mass is 35.5. The van der Waals surface area contributed by atoms with E-state index in [9.17, 15) is 0 Å². The zero-order valence-corrected chi connectivity index (χ0v) is 15.3. The number of ether oxygens (including phenoxy) is 1. The van der Waals surface area contributed by atoms with Crippen LogP contribution in [0, 0.1) is 5.92 Å². The van der Waals surface area contributed by atoms with Crippen molar-refractivity contribution in [1.29, 1.82) is 0 Å². The maximum atomic E-state index is 6.39. The van der Waals surface area contributed by atoms with Crippen molar-refractivity contribution in [2.24, 2.45) is 11.7 Å². The Morgan fingerprint density at radius 1 is 1.20 bits per heavy atom. The predicted octanol–water partition coefficient (Wildman–Crippen LogP) is 3.08. The molecule has 2 unspecified atom stereocenters. The number of nitrogens with zero attached hydrogens (tertiary/aromatic N) is 3. The summed E-state index contributed by atoms with van der Waals surface area (Å²) in [7, 11) is 0. The number of aromatic nitrogens is 1. The minimum atomic E-state index is -0.483. The van der Waals surface area contributed by atoms with E-state index in [2.05, 4.69) is 14.8 Å². The topological polar surface area (TPSA) is 54.6 Å². The van der Waals surface area contributed by atoms with Gasteiger partial charge in [0.25, 0.3) is 0 Å². The molecule has 4 aliphatic rings. The molecule has 0 radical (unpaired) electrons. The second-order valence-corrected chi connectivity index (χ2v) is 8.16. The van der Waals surface area contributed by atoms with Gasteiger partial charge in [-0.1, -0.05) is 29.3 Å². The summed E-state index contributed by atoms with van der Waals surface area (Å²) >= 11 is 12.6. The van der Waals surface area contributed by atoms with Crippen LogP contribution in [0.4, 0.5) is 5.82 Å². The first kappa shape index (κ1) is 16.1. The maximum absolute atomic E-state index is 6.39. The molecule has 4 aliphatic heterocycles. The first-order valence-electron chi connectivity index (χ1n) is 8.72. The first-order valence-corrected chi connectivity index (χ1v) is 9.47. The van der Waals surface area contributed by atoms with E-state index in [0.29, 0.717) is 16.0 Å². The monoisotopic (exact) mass is 378 g/mol. The Balaban J connectivity index is 1.51. The van der Waals surface area contributed by atoms with Gasteiger partial charge < -0.3 is 14.5 Å². The SMILES string of the molecule is NC1OC2(CN3CCC2CC3)CN1c1cc2c(Cl)c(Cl)ccc2cn1. The van der Waals surface area contributed by atoms with Crippen LogP contribution in [-0.2, 0) is 4.74 Å². The van der Waals surface area contributed by atoms with Crippen molar-refractivity contribution in [3.8, 4) is 0 Å². The van der Waals surface area contributed by atoms with Gasteiger partial charge in [-0.15, -0.1) is 0 Å². The van der Waals surface area contributed by atoms with Gasteiger partial charge in [-0.2, -0.15) is 0 Å². The second kappa shape index (κ2) is 5.69. The van der Waals surface area contributed by atoms with Gasteiger partial charge in [0.15, 0.2) is 6.35 Å². The normalized spacial score (nSPS) is 34.4. The fourth-order valence-electron chi connectivity index (χ4n) is 4.67. The van der Waals surface area contributed by atoms with E-state index < -0.39 is 6.35 Å². The van der Waals surface area contributed by atoms with Gasteiger partial charge in [-0.3, -0.25) is 5.73 Å². The lowest BCUT2D eigenvalue weighted by Crippen LogP contribution is -2.61. The number of piperidine rings is 3. The summed E-state index contributed by atoms with van der Waals surface area (Å²) in [6, 6.07) is 5.68. The molecule has 0 amide bonds. The highest BCUT2D eigenvalue weighted by Crippen LogP contribution is 2.44. The molecule has 6 rings (SSSR count). The van der Waals surface area contributed by atoms with Crippen molar-refractivity contribution in [2.45, 2.75) is 24.8 Å². The third-order valence-corrected chi connectivity index (χ3v) is 6.81. The number of nitrogens with two attached hydrogens (primary N) is 1. The lowest BCUT2D eigenvalue weighted by molar-refractivity contribution is -0.137. The van der Waals surface area contributed by atoms with E-state index in [0.717, 1.165) is 29.7 Å². The quantitative estimate of drug-likeness (QED) is 0.825. The molecule has 5 nitrogen and oxygen atoms in total. The summed E-state index contributed by atoms with van der Waals surface area (Å²) in [6.07, 6.45) is 3.71. The number of pyridine rings is 1. The molecule has 2 atom stereocenters. The maximum Gasteiger partial charge on any atom is 0.186 e. The molecular formula is C18H20Cl2N4O. The number of rotatable bonds is 1. The molecule has 4 fully saturated rings. The van der Waals surface area contributed by atoms with Crippen LogP contribution in [0.3, 0.4) is 0 Å². The summed E-state index contributed by atoms with van der Waals surface area (Å²) in [6.45, 7) is 4.08. The van der Waals surface area contributed by atoms with E-state index in [-0.39, 0.29) is 5.60 Å². The number of fused-ring (bicyclic) bond motifs is 3. The Morgan fingerprint density at radius 3 is 2.72 bits per heavy atom. The van der Waals surface area contributed by atoms with E-state index >= 15 is 0 Å². The lowest BCUT2D eigenvalue weighted by Gasteiger charge is -2.50. The Hall–Kier alpha value is -1.11. The van der Waals surface area contributed by atoms with Crippen LogP contribution in [0.15, 0.2) is 24.4 Å². The van der Waals surface area contributed by atoms with Crippen molar-refractivity contribution in [3.63, 3.8) is 0 Å². The molecule has 1 spiro atoms. The summed E-state index contributed by atoms with van der Waals surface area (Å²) in [5.41, 5.74) is 6.17. The number of hydrogen-bond donors (Lipinski definition) is 1. The van der Waals surface area contributed by atoms with Crippen LogP contribution < -0.4 is 10.6 Å². The van der Waals surface area contributed by atoms with Gasteiger partial charge in [0.2, 0.25) is 0 Å². The number of halogens is 2. The van der Waals surface area contributed by atoms with E-state index in [1.165, 1.54) is 25.9 Å². The fourth-order valence-corrected chi connectivity index (χ4v) is 5.06. The van der Waals surface area contributed by atoms with Crippen LogP contribution in [0.25, 0.3) is 10.8 Å². The Kier molecular flexibility index (Phi) is 3.67. The summed E-state index contributed by atoms with van der Waals surface area (Å²) in [5, 5.41) is 2.95. The average molecular weight is 379 g/mol. The van der Waals surface area contributed by atoms with Gasteiger partial charge in [-0.25, -0.2) is 4.98 Å². The highest BCUT2D eigenvalue weighted by Gasteiger charge is 2.54. The second-order valence-electron chi connectivity index (χ2n) is 7.38. The molecule has 0 saturated carbocycles. The Bertz CT molecular complexity index is 839. The number of hydrogen-bond acceptors (Lipinski definition) is 5. The van der Waals surface area contributed by atoms with Gasteiger partial charge >= 0.3 is 0 Å². The summed E-state index contributed by atoms with van der Waals surface area (Å²) in [5.74, 6) is 1.37. The largest absolute Gasteiger partial charge is 0.335 e. The average Bonchev–Trinajstić information content (AvgIpc) is 2.95. The minimum Gasteiger partial charge on any atom is -0.335 e. The minimum absolute atomic E-state index is 0.176. The zero-order chi connectivity index (χ0) is 17.2. The molecule has 2 bridgehead atoms. The van der Waals surface area contributed by atoms with Crippen molar-refractivity contribution in [3.05, 3.63) is 34.4 Å². The van der Waals surface area contributed by atoms with Crippen LogP contribution in [0.1, 0.15) is 12.8 Å². The van der Waals surface area contributed by atoms with Gasteiger partial charge in [0.1, 0.15) is 11.4 Å². The van der Waals surface area contributed by atoms with Gasteiger partial charge in [0.05, 0.1) is 16.6 Å². The van der Waals surface area contributed by atoms with Crippen molar-refractivity contribution in [2.75, 3.05) is 31.1 Å². The smallest absolute Gasteiger partial charge is 0.186 e. The molecule has 25 heavy (non-hydrogen) atoms. The van der Waals surface area contributed by atoms with Crippen LogP contribution in [-0.4, -0.2) is 48.0 Å². The number of anilines is 1. The lowest BCUT2D eigenvalue weighted by atomic mass is 9.75. The molecule has 1 aromatic carbocycles. The van der Waals surface area contributed by atoms with Crippen LogP contribution in [0.5, 0.6) is 0 Å². The zero-order valence-electron chi connectivity index (χ0n) is 13.8. The van der Waals surface area contributed by atoms with Crippen molar-refractivity contribution >= 4 is 39.8 Å². The Labute approximate surface area is 156 Å².